The minimum atomic E-state index is 0.165. The Morgan fingerprint density at radius 3 is 2.95 bits per heavy atom. The lowest BCUT2D eigenvalue weighted by molar-refractivity contribution is -0.123. The zero-order chi connectivity index (χ0) is 13.7. The second-order valence-corrected chi connectivity index (χ2v) is 6.72. The maximum absolute atomic E-state index is 12.0. The van der Waals surface area contributed by atoms with Gasteiger partial charge >= 0.3 is 0 Å². The lowest BCUT2D eigenvalue weighted by Crippen LogP contribution is -2.44. The van der Waals surface area contributed by atoms with E-state index in [4.69, 9.17) is 0 Å². The van der Waals surface area contributed by atoms with Crippen molar-refractivity contribution in [2.24, 2.45) is 5.92 Å². The van der Waals surface area contributed by atoms with Crippen molar-refractivity contribution in [1.82, 2.24) is 10.2 Å². The van der Waals surface area contributed by atoms with Crippen molar-refractivity contribution in [2.45, 2.75) is 45.2 Å². The van der Waals surface area contributed by atoms with E-state index in [1.54, 1.807) is 11.3 Å². The first kappa shape index (κ1) is 14.5. The molecule has 19 heavy (non-hydrogen) atoms. The van der Waals surface area contributed by atoms with Crippen LogP contribution in [0, 0.1) is 5.92 Å². The third-order valence-corrected chi connectivity index (χ3v) is 4.74. The molecule has 106 valence electrons. The van der Waals surface area contributed by atoms with E-state index < -0.39 is 0 Å². The zero-order valence-electron chi connectivity index (χ0n) is 11.9. The summed E-state index contributed by atoms with van der Waals surface area (Å²) in [6.45, 7) is 3.59. The van der Waals surface area contributed by atoms with Gasteiger partial charge in [-0.1, -0.05) is 25.8 Å². The summed E-state index contributed by atoms with van der Waals surface area (Å²) in [5, 5.41) is 5.28. The second-order valence-electron chi connectivity index (χ2n) is 5.69. The van der Waals surface area contributed by atoms with Crippen LogP contribution in [0.2, 0.25) is 0 Å². The fourth-order valence-electron chi connectivity index (χ4n) is 2.75. The molecule has 2 atom stereocenters. The Hall–Kier alpha value is -0.870. The molecule has 1 N–H and O–H groups in total. The Morgan fingerprint density at radius 2 is 2.26 bits per heavy atom. The van der Waals surface area contributed by atoms with Crippen molar-refractivity contribution in [3.05, 3.63) is 22.4 Å². The van der Waals surface area contributed by atoms with E-state index in [1.807, 2.05) is 7.05 Å². The van der Waals surface area contributed by atoms with Crippen LogP contribution in [0.4, 0.5) is 0 Å². The molecule has 0 radical (unpaired) electrons. The molecule has 1 aromatic heterocycles. The van der Waals surface area contributed by atoms with Crippen LogP contribution >= 0.6 is 11.3 Å². The summed E-state index contributed by atoms with van der Waals surface area (Å²) in [4.78, 5) is 15.4. The smallest absolute Gasteiger partial charge is 0.234 e. The van der Waals surface area contributed by atoms with Gasteiger partial charge in [0, 0.05) is 17.5 Å². The van der Waals surface area contributed by atoms with E-state index in [-0.39, 0.29) is 5.91 Å². The molecule has 1 fully saturated rings. The van der Waals surface area contributed by atoms with Gasteiger partial charge in [-0.25, -0.2) is 0 Å². The maximum Gasteiger partial charge on any atom is 0.234 e. The molecule has 1 aromatic rings. The van der Waals surface area contributed by atoms with Crippen LogP contribution in [0.5, 0.6) is 0 Å². The Bertz CT molecular complexity index is 391. The van der Waals surface area contributed by atoms with Gasteiger partial charge in [-0.15, -0.1) is 11.3 Å². The van der Waals surface area contributed by atoms with Crippen LogP contribution in [0.25, 0.3) is 0 Å². The van der Waals surface area contributed by atoms with E-state index in [2.05, 4.69) is 34.7 Å². The lowest BCUT2D eigenvalue weighted by Gasteiger charge is -2.30. The molecule has 0 spiro atoms. The van der Waals surface area contributed by atoms with Crippen LogP contribution < -0.4 is 5.32 Å². The monoisotopic (exact) mass is 280 g/mol. The summed E-state index contributed by atoms with van der Waals surface area (Å²) < 4.78 is 0. The number of hydrogen-bond acceptors (Lipinski definition) is 3. The van der Waals surface area contributed by atoms with Gasteiger partial charge in [-0.3, -0.25) is 9.69 Å². The van der Waals surface area contributed by atoms with Crippen molar-refractivity contribution in [1.29, 1.82) is 0 Å². The summed E-state index contributed by atoms with van der Waals surface area (Å²) in [6.07, 6.45) is 4.95. The summed E-state index contributed by atoms with van der Waals surface area (Å²) in [5.41, 5.74) is 0. The number of nitrogens with one attached hydrogen (secondary N) is 1. The molecule has 1 aliphatic rings. The quantitative estimate of drug-likeness (QED) is 0.899. The average molecular weight is 280 g/mol. The largest absolute Gasteiger partial charge is 0.352 e. The molecule has 3 nitrogen and oxygen atoms in total. The molecule has 0 aliphatic heterocycles. The van der Waals surface area contributed by atoms with Gasteiger partial charge in [0.2, 0.25) is 5.91 Å². The summed E-state index contributed by atoms with van der Waals surface area (Å²) >= 11 is 1.74. The lowest BCUT2D eigenvalue weighted by atomic mass is 9.86. The normalized spacial score (nSPS) is 23.5. The van der Waals surface area contributed by atoms with Crippen LogP contribution in [-0.4, -0.2) is 30.4 Å². The summed E-state index contributed by atoms with van der Waals surface area (Å²) in [6, 6.07) is 4.55. The van der Waals surface area contributed by atoms with Crippen molar-refractivity contribution in [3.8, 4) is 0 Å². The molecule has 0 saturated heterocycles. The fourth-order valence-corrected chi connectivity index (χ4v) is 3.54. The third kappa shape index (κ3) is 4.62. The van der Waals surface area contributed by atoms with Gasteiger partial charge in [0.1, 0.15) is 0 Å². The molecule has 1 heterocycles. The molecule has 2 rings (SSSR count). The Kier molecular flexibility index (Phi) is 5.40. The topological polar surface area (TPSA) is 32.3 Å². The van der Waals surface area contributed by atoms with E-state index in [1.165, 1.54) is 24.1 Å². The van der Waals surface area contributed by atoms with Crippen molar-refractivity contribution in [2.75, 3.05) is 13.6 Å². The highest BCUT2D eigenvalue weighted by Crippen LogP contribution is 2.23. The Morgan fingerprint density at radius 1 is 1.47 bits per heavy atom. The van der Waals surface area contributed by atoms with Crippen LogP contribution in [0.1, 0.15) is 37.5 Å². The van der Waals surface area contributed by atoms with Crippen LogP contribution in [0.15, 0.2) is 17.5 Å². The molecule has 0 unspecified atom stereocenters. The fraction of sp³-hybridized carbons (Fsp3) is 0.667. The first-order valence-electron chi connectivity index (χ1n) is 7.15. The molecule has 1 amide bonds. The summed E-state index contributed by atoms with van der Waals surface area (Å²) in [5.74, 6) is 0.790. The molecule has 1 aliphatic carbocycles. The second kappa shape index (κ2) is 7.06. The zero-order valence-corrected chi connectivity index (χ0v) is 12.7. The van der Waals surface area contributed by atoms with Gasteiger partial charge in [0.05, 0.1) is 6.54 Å². The highest BCUT2D eigenvalue weighted by atomic mass is 32.1. The van der Waals surface area contributed by atoms with Gasteiger partial charge in [-0.2, -0.15) is 0 Å². The van der Waals surface area contributed by atoms with Crippen LogP contribution in [-0.2, 0) is 11.3 Å². The van der Waals surface area contributed by atoms with Gasteiger partial charge in [0.25, 0.3) is 0 Å². The summed E-state index contributed by atoms with van der Waals surface area (Å²) in [7, 11) is 2.00. The number of rotatable bonds is 5. The standard InChI is InChI=1S/C15H24N2OS/c1-12-6-3-4-8-14(12)16-15(18)11-17(2)10-13-7-5-9-19-13/h5,7,9,12,14H,3-4,6,8,10-11H2,1-2H3,(H,16,18)/t12-,14+/m1/s1. The van der Waals surface area contributed by atoms with E-state index in [0.717, 1.165) is 13.0 Å². The van der Waals surface area contributed by atoms with Crippen molar-refractivity contribution >= 4 is 17.2 Å². The predicted molar refractivity (Wildman–Crippen MR) is 80.2 cm³/mol. The minimum Gasteiger partial charge on any atom is -0.352 e. The highest BCUT2D eigenvalue weighted by molar-refractivity contribution is 7.09. The molecule has 0 bridgehead atoms. The first-order valence-corrected chi connectivity index (χ1v) is 8.03. The number of thiophene rings is 1. The number of carbonyl (C=O) groups is 1. The number of hydrogen-bond donors (Lipinski definition) is 1. The average Bonchev–Trinajstić information content (AvgIpc) is 2.84. The third-order valence-electron chi connectivity index (χ3n) is 3.88. The number of nitrogens with zero attached hydrogens (tertiary/aromatic N) is 1. The van der Waals surface area contributed by atoms with E-state index >= 15 is 0 Å². The van der Waals surface area contributed by atoms with E-state index in [9.17, 15) is 4.79 Å². The highest BCUT2D eigenvalue weighted by Gasteiger charge is 2.22. The molecular weight excluding hydrogens is 256 g/mol. The molecule has 0 aromatic carbocycles. The molecule has 1 saturated carbocycles. The maximum atomic E-state index is 12.0. The van der Waals surface area contributed by atoms with Crippen LogP contribution in [0.3, 0.4) is 0 Å². The van der Waals surface area contributed by atoms with Gasteiger partial charge < -0.3 is 5.32 Å². The SMILES string of the molecule is C[C@@H]1CCCC[C@@H]1NC(=O)CN(C)Cc1cccs1. The predicted octanol–water partition coefficient (Wildman–Crippen LogP) is 2.87. The number of amides is 1. The van der Waals surface area contributed by atoms with Gasteiger partial charge in [-0.05, 0) is 37.3 Å². The molecular formula is C15H24N2OS. The molecule has 4 heteroatoms. The number of likely N-dealkylation sites (N-methyl/N-ethyl adjacent to an activating group) is 1. The number of carbonyl (C=O) groups excluding carboxylic acids is 1. The minimum absolute atomic E-state index is 0.165. The Labute approximate surface area is 120 Å². The van der Waals surface area contributed by atoms with Crippen molar-refractivity contribution in [3.63, 3.8) is 0 Å². The van der Waals surface area contributed by atoms with E-state index in [0.29, 0.717) is 18.5 Å². The van der Waals surface area contributed by atoms with Gasteiger partial charge in [0.15, 0.2) is 0 Å². The van der Waals surface area contributed by atoms with Crippen molar-refractivity contribution < 1.29 is 4.79 Å². The first-order chi connectivity index (χ1) is 9.15. The Balaban J connectivity index is 1.74.